The van der Waals surface area contributed by atoms with Gasteiger partial charge in [0.05, 0.1) is 12.8 Å². The summed E-state index contributed by atoms with van der Waals surface area (Å²) in [5.74, 6) is -1.09. The van der Waals surface area contributed by atoms with Crippen LogP contribution in [0.5, 0.6) is 11.5 Å². The normalized spacial score (nSPS) is 10.8. The molecule has 7 heteroatoms. The first-order valence-corrected chi connectivity index (χ1v) is 10.8. The molecule has 33 heavy (non-hydrogen) atoms. The largest absolute Gasteiger partial charge is 0.422 e. The molecule has 168 valence electrons. The predicted molar refractivity (Wildman–Crippen MR) is 128 cm³/mol. The van der Waals surface area contributed by atoms with E-state index in [-0.39, 0.29) is 30.1 Å². The van der Waals surface area contributed by atoms with Crippen LogP contribution in [-0.2, 0) is 27.2 Å². The molecule has 0 amide bonds. The lowest BCUT2D eigenvalue weighted by Crippen LogP contribution is -2.15. The maximum Gasteiger partial charge on any atom is 0.315 e. The molecule has 0 saturated carbocycles. The molecule has 0 N–H and O–H groups in total. The highest BCUT2D eigenvalue weighted by atomic mass is 35.5. The van der Waals surface area contributed by atoms with Crippen LogP contribution < -0.4 is 9.47 Å². The van der Waals surface area contributed by atoms with Crippen LogP contribution in [0.25, 0.3) is 6.08 Å². The fourth-order valence-corrected chi connectivity index (χ4v) is 3.38. The smallest absolute Gasteiger partial charge is 0.315 e. The molecule has 0 aliphatic heterocycles. The molecule has 0 aromatic heterocycles. The summed E-state index contributed by atoms with van der Waals surface area (Å²) in [6.07, 6.45) is 2.93. The lowest BCUT2D eigenvalue weighted by molar-refractivity contribution is -0.136. The third kappa shape index (κ3) is 7.90. The maximum absolute atomic E-state index is 12.5. The zero-order valence-electron chi connectivity index (χ0n) is 17.7. The summed E-state index contributed by atoms with van der Waals surface area (Å²) in [6.45, 7) is 1.43. The Labute approximate surface area is 201 Å². The van der Waals surface area contributed by atoms with Gasteiger partial charge in [0.15, 0.2) is 17.3 Å². The molecule has 0 radical (unpaired) electrons. The molecule has 0 spiro atoms. The minimum absolute atomic E-state index is 0.0115. The summed E-state index contributed by atoms with van der Waals surface area (Å²) in [5, 5.41) is 1.02. The highest BCUT2D eigenvalue weighted by Gasteiger charge is 2.16. The lowest BCUT2D eigenvalue weighted by atomic mass is 10.1. The van der Waals surface area contributed by atoms with Gasteiger partial charge in [-0.2, -0.15) is 0 Å². The van der Waals surface area contributed by atoms with Crippen LogP contribution in [0.2, 0.25) is 10.0 Å². The average molecular weight is 483 g/mol. The first-order chi connectivity index (χ1) is 15.8. The van der Waals surface area contributed by atoms with Gasteiger partial charge >= 0.3 is 11.9 Å². The molecule has 0 bridgehead atoms. The standard InChI is InChI=1S/C26H20Cl2O5/c1-17(29)8-9-18-10-11-23(32-25(30)15-19-4-2-6-21(27)12-19)24(14-18)33-26(31)16-20-5-3-7-22(28)13-20/h2-14H,15-16H2,1H3/b9-8+. The molecule has 0 aliphatic carbocycles. The van der Waals surface area contributed by atoms with E-state index in [0.717, 1.165) is 0 Å². The predicted octanol–water partition coefficient (Wildman–Crippen LogP) is 5.89. The molecular formula is C26H20Cl2O5. The number of hydrogen-bond donors (Lipinski definition) is 0. The number of carbonyl (C=O) groups excluding carboxylic acids is 3. The second kappa shape index (κ2) is 11.5. The number of esters is 2. The van der Waals surface area contributed by atoms with Crippen molar-refractivity contribution in [2.24, 2.45) is 0 Å². The molecule has 0 saturated heterocycles. The van der Waals surface area contributed by atoms with E-state index in [1.54, 1.807) is 60.7 Å². The molecule has 5 nitrogen and oxygen atoms in total. The number of allylic oxidation sites excluding steroid dienone is 1. The van der Waals surface area contributed by atoms with Gasteiger partial charge in [0.1, 0.15) is 0 Å². The van der Waals surface area contributed by atoms with E-state index in [2.05, 4.69) is 0 Å². The Morgan fingerprint density at radius 1 is 0.758 bits per heavy atom. The third-order valence-electron chi connectivity index (χ3n) is 4.40. The number of hydrogen-bond acceptors (Lipinski definition) is 5. The monoisotopic (exact) mass is 482 g/mol. The van der Waals surface area contributed by atoms with Crippen LogP contribution in [0.4, 0.5) is 0 Å². The van der Waals surface area contributed by atoms with Crippen molar-refractivity contribution < 1.29 is 23.9 Å². The number of carbonyl (C=O) groups is 3. The third-order valence-corrected chi connectivity index (χ3v) is 4.87. The molecule has 0 aliphatic rings. The van der Waals surface area contributed by atoms with Crippen molar-refractivity contribution in [3.63, 3.8) is 0 Å². The number of rotatable bonds is 8. The van der Waals surface area contributed by atoms with Gasteiger partial charge in [0.2, 0.25) is 0 Å². The summed E-state index contributed by atoms with van der Waals surface area (Å²) in [4.78, 5) is 36.3. The van der Waals surface area contributed by atoms with Crippen LogP contribution in [0, 0.1) is 0 Å². The summed E-state index contributed by atoms with van der Waals surface area (Å²) in [6, 6.07) is 18.4. The van der Waals surface area contributed by atoms with E-state index in [4.69, 9.17) is 32.7 Å². The van der Waals surface area contributed by atoms with Crippen LogP contribution >= 0.6 is 23.2 Å². The fourth-order valence-electron chi connectivity index (χ4n) is 2.95. The van der Waals surface area contributed by atoms with Crippen LogP contribution in [0.1, 0.15) is 23.6 Å². The molecular weight excluding hydrogens is 463 g/mol. The highest BCUT2D eigenvalue weighted by Crippen LogP contribution is 2.30. The van der Waals surface area contributed by atoms with Gasteiger partial charge in [-0.05, 0) is 66.1 Å². The van der Waals surface area contributed by atoms with Gasteiger partial charge in [-0.1, -0.05) is 59.6 Å². The van der Waals surface area contributed by atoms with Crippen LogP contribution in [-0.4, -0.2) is 17.7 Å². The minimum atomic E-state index is -0.558. The number of ether oxygens (including phenoxy) is 2. The number of benzene rings is 3. The van der Waals surface area contributed by atoms with Crippen molar-refractivity contribution >= 4 is 47.0 Å². The van der Waals surface area contributed by atoms with Crippen molar-refractivity contribution in [1.82, 2.24) is 0 Å². The van der Waals surface area contributed by atoms with E-state index < -0.39 is 11.9 Å². The molecule has 0 heterocycles. The summed E-state index contributed by atoms with van der Waals surface area (Å²) in [7, 11) is 0. The Balaban J connectivity index is 1.80. The van der Waals surface area contributed by atoms with Crippen molar-refractivity contribution in [3.8, 4) is 11.5 Å². The number of halogens is 2. The summed E-state index contributed by atoms with van der Waals surface area (Å²) < 4.78 is 11.0. The number of ketones is 1. The second-order valence-corrected chi connectivity index (χ2v) is 8.08. The minimum Gasteiger partial charge on any atom is -0.422 e. The highest BCUT2D eigenvalue weighted by molar-refractivity contribution is 6.30. The van der Waals surface area contributed by atoms with Gasteiger partial charge < -0.3 is 9.47 Å². The molecule has 0 atom stereocenters. The first-order valence-electron chi connectivity index (χ1n) is 10.0. The van der Waals surface area contributed by atoms with E-state index in [1.165, 1.54) is 25.1 Å². The maximum atomic E-state index is 12.5. The Hall–Kier alpha value is -3.41. The van der Waals surface area contributed by atoms with E-state index >= 15 is 0 Å². The van der Waals surface area contributed by atoms with E-state index in [0.29, 0.717) is 26.7 Å². The van der Waals surface area contributed by atoms with Crippen molar-refractivity contribution in [2.45, 2.75) is 19.8 Å². The fraction of sp³-hybridized carbons (Fsp3) is 0.115. The average Bonchev–Trinajstić information content (AvgIpc) is 2.73. The van der Waals surface area contributed by atoms with Gasteiger partial charge in [-0.25, -0.2) is 0 Å². The molecule has 3 rings (SSSR count). The van der Waals surface area contributed by atoms with Gasteiger partial charge in [-0.3, -0.25) is 14.4 Å². The van der Waals surface area contributed by atoms with Gasteiger partial charge in [0, 0.05) is 10.0 Å². The molecule has 0 unspecified atom stereocenters. The lowest BCUT2D eigenvalue weighted by Gasteiger charge is -2.12. The Morgan fingerprint density at radius 2 is 1.30 bits per heavy atom. The zero-order valence-corrected chi connectivity index (χ0v) is 19.2. The van der Waals surface area contributed by atoms with Crippen molar-refractivity contribution in [3.05, 3.63) is 99.5 Å². The van der Waals surface area contributed by atoms with Crippen LogP contribution in [0.3, 0.4) is 0 Å². The molecule has 3 aromatic carbocycles. The topological polar surface area (TPSA) is 69.7 Å². The van der Waals surface area contributed by atoms with Gasteiger partial charge in [-0.15, -0.1) is 0 Å². The molecule has 3 aromatic rings. The van der Waals surface area contributed by atoms with Crippen LogP contribution in [0.15, 0.2) is 72.8 Å². The summed E-state index contributed by atoms with van der Waals surface area (Å²) >= 11 is 11.9. The van der Waals surface area contributed by atoms with Gasteiger partial charge in [0.25, 0.3) is 0 Å². The SMILES string of the molecule is CC(=O)/C=C/c1ccc(OC(=O)Cc2cccc(Cl)c2)c(OC(=O)Cc2cccc(Cl)c2)c1. The summed E-state index contributed by atoms with van der Waals surface area (Å²) in [5.41, 5.74) is 1.97. The first kappa shape index (κ1) is 24.2. The Kier molecular flexibility index (Phi) is 8.41. The van der Waals surface area contributed by atoms with Crippen molar-refractivity contribution in [1.29, 1.82) is 0 Å². The van der Waals surface area contributed by atoms with E-state index in [1.807, 2.05) is 0 Å². The second-order valence-electron chi connectivity index (χ2n) is 7.21. The Bertz CT molecular complexity index is 1220. The zero-order chi connectivity index (χ0) is 23.8. The van der Waals surface area contributed by atoms with Crippen molar-refractivity contribution in [2.75, 3.05) is 0 Å². The molecule has 0 fully saturated rings. The Morgan fingerprint density at radius 3 is 1.82 bits per heavy atom. The quantitative estimate of drug-likeness (QED) is 0.227. The van der Waals surface area contributed by atoms with E-state index in [9.17, 15) is 14.4 Å².